The highest BCUT2D eigenvalue weighted by Gasteiger charge is 2.24. The molecule has 0 bridgehead atoms. The molecule has 160 valence electrons. The van der Waals surface area contributed by atoms with E-state index in [4.69, 9.17) is 30.5 Å². The fourth-order valence-electron chi connectivity index (χ4n) is 3.47. The number of nitrogens with zero attached hydrogens (tertiary/aromatic N) is 1. The van der Waals surface area contributed by atoms with Crippen LogP contribution in [0.1, 0.15) is 23.6 Å². The summed E-state index contributed by atoms with van der Waals surface area (Å²) in [6.45, 7) is 0. The van der Waals surface area contributed by atoms with Gasteiger partial charge >= 0.3 is 0 Å². The molecule has 1 aliphatic heterocycles. The van der Waals surface area contributed by atoms with E-state index in [1.165, 1.54) is 0 Å². The Hall–Kier alpha value is -3.38. The molecule has 1 N–H and O–H groups in total. The van der Waals surface area contributed by atoms with Crippen LogP contribution in [0.4, 0.5) is 0 Å². The molecule has 0 spiro atoms. The molecule has 0 saturated carbocycles. The number of ether oxygens (including phenoxy) is 4. The first-order chi connectivity index (χ1) is 15.1. The van der Waals surface area contributed by atoms with Gasteiger partial charge in [-0.2, -0.15) is 5.10 Å². The summed E-state index contributed by atoms with van der Waals surface area (Å²) in [5.74, 6) is 3.27. The molecule has 31 heavy (non-hydrogen) atoms. The van der Waals surface area contributed by atoms with Crippen LogP contribution in [0.5, 0.6) is 28.7 Å². The Bertz CT molecular complexity index is 1060. The Labute approximate surface area is 186 Å². The molecule has 6 nitrogen and oxygen atoms in total. The quantitative estimate of drug-likeness (QED) is 0.520. The highest BCUT2D eigenvalue weighted by molar-refractivity contribution is 6.30. The predicted molar refractivity (Wildman–Crippen MR) is 121 cm³/mol. The van der Waals surface area contributed by atoms with Crippen molar-refractivity contribution in [2.24, 2.45) is 5.10 Å². The van der Waals surface area contributed by atoms with Gasteiger partial charge in [0, 0.05) is 17.0 Å². The van der Waals surface area contributed by atoms with Crippen molar-refractivity contribution in [3.8, 4) is 28.7 Å². The zero-order valence-electron chi connectivity index (χ0n) is 17.5. The number of methoxy groups -OCH3 is 3. The zero-order valence-corrected chi connectivity index (χ0v) is 18.3. The van der Waals surface area contributed by atoms with Crippen molar-refractivity contribution in [3.63, 3.8) is 0 Å². The standard InChI is InChI=1S/C24H23ClN2O4/c1-28-22-12-16(13-23(29-2)24(22)30-3)21-14-20(26-27-21)15-4-8-18(9-5-15)31-19-10-6-17(25)7-11-19/h4-13,20,26H,14H2,1-3H3. The summed E-state index contributed by atoms with van der Waals surface area (Å²) in [5.41, 5.74) is 6.19. The lowest BCUT2D eigenvalue weighted by Crippen LogP contribution is -2.09. The minimum absolute atomic E-state index is 0.0682. The number of benzene rings is 3. The van der Waals surface area contributed by atoms with E-state index in [1.807, 2.05) is 48.5 Å². The van der Waals surface area contributed by atoms with Crippen molar-refractivity contribution < 1.29 is 18.9 Å². The van der Waals surface area contributed by atoms with Crippen LogP contribution in [0.2, 0.25) is 5.02 Å². The third kappa shape index (κ3) is 4.54. The summed E-state index contributed by atoms with van der Waals surface area (Å²) < 4.78 is 22.2. The zero-order chi connectivity index (χ0) is 21.8. The molecule has 0 aromatic heterocycles. The Kier molecular flexibility index (Phi) is 6.18. The van der Waals surface area contributed by atoms with E-state index in [0.717, 1.165) is 34.8 Å². The van der Waals surface area contributed by atoms with Crippen LogP contribution in [0.25, 0.3) is 0 Å². The topological polar surface area (TPSA) is 61.3 Å². The summed E-state index contributed by atoms with van der Waals surface area (Å²) in [7, 11) is 4.80. The molecule has 1 aliphatic rings. The Balaban J connectivity index is 1.46. The van der Waals surface area contributed by atoms with E-state index >= 15 is 0 Å². The summed E-state index contributed by atoms with van der Waals surface area (Å²) in [6, 6.07) is 19.1. The summed E-state index contributed by atoms with van der Waals surface area (Å²) in [4.78, 5) is 0. The molecular weight excluding hydrogens is 416 g/mol. The molecule has 0 amide bonds. The van der Waals surface area contributed by atoms with E-state index in [9.17, 15) is 0 Å². The SMILES string of the molecule is COc1cc(C2=NNC(c3ccc(Oc4ccc(Cl)cc4)cc3)C2)cc(OC)c1OC. The summed E-state index contributed by atoms with van der Waals surface area (Å²) in [5, 5.41) is 5.22. The Morgan fingerprint density at radius 2 is 1.42 bits per heavy atom. The van der Waals surface area contributed by atoms with Crippen molar-refractivity contribution in [1.82, 2.24) is 5.43 Å². The third-order valence-electron chi connectivity index (χ3n) is 5.08. The number of hydrazone groups is 1. The summed E-state index contributed by atoms with van der Waals surface area (Å²) in [6.07, 6.45) is 0.732. The molecule has 0 aliphatic carbocycles. The molecular formula is C24H23ClN2O4. The van der Waals surface area contributed by atoms with Crippen LogP contribution in [-0.4, -0.2) is 27.0 Å². The van der Waals surface area contributed by atoms with Crippen LogP contribution < -0.4 is 24.4 Å². The number of hydrogen-bond donors (Lipinski definition) is 1. The van der Waals surface area contributed by atoms with Gasteiger partial charge < -0.3 is 24.4 Å². The van der Waals surface area contributed by atoms with Gasteiger partial charge in [0.15, 0.2) is 11.5 Å². The maximum atomic E-state index is 5.92. The number of nitrogens with one attached hydrogen (secondary N) is 1. The van der Waals surface area contributed by atoms with Gasteiger partial charge in [0.1, 0.15) is 11.5 Å². The smallest absolute Gasteiger partial charge is 0.203 e. The minimum Gasteiger partial charge on any atom is -0.493 e. The maximum Gasteiger partial charge on any atom is 0.203 e. The summed E-state index contributed by atoms with van der Waals surface area (Å²) >= 11 is 5.92. The molecule has 3 aromatic rings. The second-order valence-corrected chi connectivity index (χ2v) is 7.42. The van der Waals surface area contributed by atoms with E-state index in [-0.39, 0.29) is 6.04 Å². The van der Waals surface area contributed by atoms with Crippen LogP contribution >= 0.6 is 11.6 Å². The molecule has 0 fully saturated rings. The van der Waals surface area contributed by atoms with Crippen molar-refractivity contribution in [3.05, 3.63) is 76.8 Å². The van der Waals surface area contributed by atoms with Gasteiger partial charge in [-0.3, -0.25) is 0 Å². The van der Waals surface area contributed by atoms with Gasteiger partial charge in [-0.1, -0.05) is 23.7 Å². The highest BCUT2D eigenvalue weighted by Crippen LogP contribution is 2.39. The van der Waals surface area contributed by atoms with E-state index in [1.54, 1.807) is 33.5 Å². The van der Waals surface area contributed by atoms with Crippen LogP contribution in [0, 0.1) is 0 Å². The van der Waals surface area contributed by atoms with Crippen LogP contribution in [0.15, 0.2) is 65.8 Å². The number of rotatable bonds is 7. The molecule has 1 heterocycles. The number of halogens is 1. The van der Waals surface area contributed by atoms with E-state index in [2.05, 4.69) is 10.5 Å². The lowest BCUT2D eigenvalue weighted by molar-refractivity contribution is 0.324. The monoisotopic (exact) mass is 438 g/mol. The average molecular weight is 439 g/mol. The van der Waals surface area contributed by atoms with Gasteiger partial charge in [0.2, 0.25) is 5.75 Å². The van der Waals surface area contributed by atoms with Gasteiger partial charge in [0.05, 0.1) is 33.1 Å². The fraction of sp³-hybridized carbons (Fsp3) is 0.208. The van der Waals surface area contributed by atoms with Crippen molar-refractivity contribution >= 4 is 17.3 Å². The Morgan fingerprint density at radius 3 is 1.97 bits per heavy atom. The van der Waals surface area contributed by atoms with Crippen molar-refractivity contribution in [2.45, 2.75) is 12.5 Å². The molecule has 1 unspecified atom stereocenters. The first-order valence-electron chi connectivity index (χ1n) is 9.77. The highest BCUT2D eigenvalue weighted by atomic mass is 35.5. The fourth-order valence-corrected chi connectivity index (χ4v) is 3.60. The van der Waals surface area contributed by atoms with E-state index < -0.39 is 0 Å². The molecule has 0 saturated heterocycles. The third-order valence-corrected chi connectivity index (χ3v) is 5.33. The lowest BCUT2D eigenvalue weighted by atomic mass is 9.98. The molecule has 4 rings (SSSR count). The maximum absolute atomic E-state index is 5.92. The van der Waals surface area contributed by atoms with Gasteiger partial charge in [-0.25, -0.2) is 0 Å². The van der Waals surface area contributed by atoms with Crippen molar-refractivity contribution in [1.29, 1.82) is 0 Å². The first-order valence-corrected chi connectivity index (χ1v) is 10.1. The largest absolute Gasteiger partial charge is 0.493 e. The van der Waals surface area contributed by atoms with Gasteiger partial charge in [-0.05, 0) is 54.1 Å². The molecule has 3 aromatic carbocycles. The number of hydrogen-bond acceptors (Lipinski definition) is 6. The van der Waals surface area contributed by atoms with Gasteiger partial charge in [-0.15, -0.1) is 0 Å². The minimum atomic E-state index is 0.0682. The molecule has 0 radical (unpaired) electrons. The normalized spacial score (nSPS) is 15.1. The molecule has 7 heteroatoms. The lowest BCUT2D eigenvalue weighted by Gasteiger charge is -2.14. The van der Waals surface area contributed by atoms with Crippen LogP contribution in [-0.2, 0) is 0 Å². The Morgan fingerprint density at radius 1 is 0.839 bits per heavy atom. The first kappa shape index (κ1) is 20.9. The van der Waals surface area contributed by atoms with Crippen LogP contribution in [0.3, 0.4) is 0 Å². The van der Waals surface area contributed by atoms with Crippen molar-refractivity contribution in [2.75, 3.05) is 21.3 Å². The average Bonchev–Trinajstić information content (AvgIpc) is 3.30. The van der Waals surface area contributed by atoms with Gasteiger partial charge in [0.25, 0.3) is 0 Å². The predicted octanol–water partition coefficient (Wildman–Crippen LogP) is 5.60. The second kappa shape index (κ2) is 9.18. The van der Waals surface area contributed by atoms with E-state index in [0.29, 0.717) is 22.3 Å². The molecule has 1 atom stereocenters. The second-order valence-electron chi connectivity index (χ2n) is 6.98.